The molecule has 1 aliphatic rings. The van der Waals surface area contributed by atoms with Crippen LogP contribution in [0.2, 0.25) is 0 Å². The number of hydrogen-bond acceptors (Lipinski definition) is 5. The topological polar surface area (TPSA) is 83.4 Å². The lowest BCUT2D eigenvalue weighted by molar-refractivity contribution is -0.116. The van der Waals surface area contributed by atoms with E-state index in [2.05, 4.69) is 15.2 Å². The number of likely N-dealkylation sites (tertiary alicyclic amines) is 1. The second kappa shape index (κ2) is 10.1. The molecule has 1 N–H and O–H groups in total. The molecule has 0 saturated carbocycles. The molecule has 182 valence electrons. The fourth-order valence-corrected chi connectivity index (χ4v) is 4.17. The van der Waals surface area contributed by atoms with Crippen molar-refractivity contribution < 1.29 is 9.59 Å². The van der Waals surface area contributed by atoms with E-state index in [0.717, 1.165) is 27.7 Å². The molecule has 3 heterocycles. The van der Waals surface area contributed by atoms with Crippen LogP contribution in [0.5, 0.6) is 0 Å². The fourth-order valence-electron chi connectivity index (χ4n) is 4.17. The van der Waals surface area contributed by atoms with Gasteiger partial charge in [0.1, 0.15) is 0 Å². The molecule has 36 heavy (non-hydrogen) atoms. The van der Waals surface area contributed by atoms with Gasteiger partial charge in [-0.1, -0.05) is 36.4 Å². The second-order valence-electron chi connectivity index (χ2n) is 9.11. The van der Waals surface area contributed by atoms with Crippen molar-refractivity contribution in [3.05, 3.63) is 96.0 Å². The second-order valence-corrected chi connectivity index (χ2v) is 9.11. The summed E-state index contributed by atoms with van der Waals surface area (Å²) in [5.41, 5.74) is 4.02. The number of aromatic nitrogens is 3. The van der Waals surface area contributed by atoms with Gasteiger partial charge in [-0.2, -0.15) is 5.10 Å². The lowest BCUT2D eigenvalue weighted by atomic mass is 10.1. The number of carbonyl (C=O) groups is 2. The summed E-state index contributed by atoms with van der Waals surface area (Å²) >= 11 is 0. The van der Waals surface area contributed by atoms with Crippen LogP contribution in [-0.4, -0.2) is 69.6 Å². The van der Waals surface area contributed by atoms with Crippen LogP contribution in [0.3, 0.4) is 0 Å². The van der Waals surface area contributed by atoms with Gasteiger partial charge < -0.3 is 15.1 Å². The van der Waals surface area contributed by atoms with Gasteiger partial charge in [-0.3, -0.25) is 14.6 Å². The molecule has 1 fully saturated rings. The summed E-state index contributed by atoms with van der Waals surface area (Å²) < 4.78 is 1.81. The smallest absolute Gasteiger partial charge is 0.275 e. The number of hydrogen-bond donors (Lipinski definition) is 1. The first kappa shape index (κ1) is 23.4. The maximum atomic E-state index is 13.2. The van der Waals surface area contributed by atoms with Gasteiger partial charge in [-0.15, -0.1) is 0 Å². The normalized spacial score (nSPS) is 13.9. The Morgan fingerprint density at radius 1 is 1.06 bits per heavy atom. The number of nitrogens with zero attached hydrogens (tertiary/aromatic N) is 5. The van der Waals surface area contributed by atoms with Crippen LogP contribution in [0.15, 0.2) is 79.1 Å². The number of nitrogens with one attached hydrogen (secondary N) is 1. The van der Waals surface area contributed by atoms with Gasteiger partial charge in [0.2, 0.25) is 5.91 Å². The Hall–Kier alpha value is -4.30. The number of fused-ring (bicyclic) bond motifs is 1. The predicted molar refractivity (Wildman–Crippen MR) is 140 cm³/mol. The van der Waals surface area contributed by atoms with Crippen molar-refractivity contribution in [1.82, 2.24) is 29.9 Å². The van der Waals surface area contributed by atoms with E-state index in [9.17, 15) is 9.59 Å². The average Bonchev–Trinajstić information content (AvgIpc) is 3.26. The average molecular weight is 481 g/mol. The quantitative estimate of drug-likeness (QED) is 0.411. The lowest BCUT2D eigenvalue weighted by Gasteiger charge is -2.42. The van der Waals surface area contributed by atoms with E-state index in [1.165, 1.54) is 6.08 Å². The van der Waals surface area contributed by atoms with Crippen molar-refractivity contribution in [2.45, 2.75) is 12.6 Å². The van der Waals surface area contributed by atoms with Crippen LogP contribution in [0, 0.1) is 0 Å². The highest BCUT2D eigenvalue weighted by atomic mass is 16.2. The molecule has 0 unspecified atom stereocenters. The minimum Gasteiger partial charge on any atom is -0.348 e. The van der Waals surface area contributed by atoms with Crippen LogP contribution >= 0.6 is 0 Å². The van der Waals surface area contributed by atoms with Crippen molar-refractivity contribution in [2.24, 2.45) is 0 Å². The molecule has 0 spiro atoms. The Labute approximate surface area is 209 Å². The van der Waals surface area contributed by atoms with Gasteiger partial charge in [-0.05, 0) is 55.6 Å². The van der Waals surface area contributed by atoms with E-state index in [4.69, 9.17) is 5.10 Å². The van der Waals surface area contributed by atoms with E-state index in [1.54, 1.807) is 23.2 Å². The summed E-state index contributed by atoms with van der Waals surface area (Å²) in [6.45, 7) is 1.85. The predicted octanol–water partition coefficient (Wildman–Crippen LogP) is 3.14. The minimum atomic E-state index is -0.174. The van der Waals surface area contributed by atoms with Gasteiger partial charge in [-0.25, -0.2) is 4.68 Å². The maximum absolute atomic E-state index is 13.2. The molecule has 0 aliphatic carbocycles. The molecule has 8 heteroatoms. The SMILES string of the molecule is CN(C)C1CN(C(=O)c2nn(-c3ccc(/C=C/C(=O)NCc4cccnc4)cc3)c3ccccc23)C1. The first-order valence-electron chi connectivity index (χ1n) is 11.9. The molecule has 5 rings (SSSR count). The molecule has 2 amide bonds. The van der Waals surface area contributed by atoms with Crippen LogP contribution in [0.25, 0.3) is 22.7 Å². The molecular weight excluding hydrogens is 452 g/mol. The van der Waals surface area contributed by atoms with Gasteiger partial charge >= 0.3 is 0 Å². The van der Waals surface area contributed by atoms with E-state index in [1.807, 2.05) is 79.7 Å². The van der Waals surface area contributed by atoms with E-state index < -0.39 is 0 Å². The fraction of sp³-hybridized carbons (Fsp3) is 0.214. The largest absolute Gasteiger partial charge is 0.348 e. The molecule has 8 nitrogen and oxygen atoms in total. The number of rotatable bonds is 7. The van der Waals surface area contributed by atoms with Crippen LogP contribution in [0.1, 0.15) is 21.6 Å². The third kappa shape index (κ3) is 4.89. The third-order valence-electron chi connectivity index (χ3n) is 6.42. The number of pyridine rings is 1. The summed E-state index contributed by atoms with van der Waals surface area (Å²) in [6, 6.07) is 19.7. The van der Waals surface area contributed by atoms with Gasteiger partial charge in [0, 0.05) is 49.5 Å². The zero-order valence-electron chi connectivity index (χ0n) is 20.3. The molecule has 0 atom stereocenters. The van der Waals surface area contributed by atoms with Crippen molar-refractivity contribution in [3.8, 4) is 5.69 Å². The Morgan fingerprint density at radius 2 is 1.83 bits per heavy atom. The molecule has 2 aromatic carbocycles. The number of likely N-dealkylation sites (N-methyl/N-ethyl adjacent to an activating group) is 1. The summed E-state index contributed by atoms with van der Waals surface area (Å²) in [6.07, 6.45) is 6.71. The number of benzene rings is 2. The molecule has 0 bridgehead atoms. The summed E-state index contributed by atoms with van der Waals surface area (Å²) in [5.74, 6) is -0.216. The van der Waals surface area contributed by atoms with E-state index >= 15 is 0 Å². The van der Waals surface area contributed by atoms with Crippen molar-refractivity contribution in [2.75, 3.05) is 27.2 Å². The Morgan fingerprint density at radius 3 is 2.56 bits per heavy atom. The number of amides is 2. The molecule has 2 aromatic heterocycles. The van der Waals surface area contributed by atoms with Gasteiger partial charge in [0.25, 0.3) is 5.91 Å². The zero-order chi connectivity index (χ0) is 25.1. The molecule has 0 radical (unpaired) electrons. The van der Waals surface area contributed by atoms with Crippen LogP contribution < -0.4 is 5.32 Å². The molecule has 1 saturated heterocycles. The maximum Gasteiger partial charge on any atom is 0.275 e. The minimum absolute atomic E-state index is 0.0418. The highest BCUT2D eigenvalue weighted by molar-refractivity contribution is 6.05. The van der Waals surface area contributed by atoms with E-state index in [-0.39, 0.29) is 11.8 Å². The molecule has 4 aromatic rings. The zero-order valence-corrected chi connectivity index (χ0v) is 20.3. The number of carbonyl (C=O) groups excluding carboxylic acids is 2. The molecular formula is C28H28N6O2. The van der Waals surface area contributed by atoms with Crippen LogP contribution in [-0.2, 0) is 11.3 Å². The standard InChI is InChI=1S/C28H28N6O2/c1-32(2)23-18-33(19-23)28(36)27-24-7-3-4-8-25(24)34(31-27)22-12-9-20(10-13-22)11-14-26(35)30-17-21-6-5-15-29-16-21/h3-16,23H,17-19H2,1-2H3,(H,30,35)/b14-11+. The van der Waals surface area contributed by atoms with Gasteiger partial charge in [0.15, 0.2) is 5.69 Å². The van der Waals surface area contributed by atoms with E-state index in [0.29, 0.717) is 31.4 Å². The van der Waals surface area contributed by atoms with Gasteiger partial charge in [0.05, 0.1) is 11.2 Å². The highest BCUT2D eigenvalue weighted by Gasteiger charge is 2.34. The third-order valence-corrected chi connectivity index (χ3v) is 6.42. The molecule has 1 aliphatic heterocycles. The lowest BCUT2D eigenvalue weighted by Crippen LogP contribution is -2.59. The van der Waals surface area contributed by atoms with Crippen molar-refractivity contribution in [3.63, 3.8) is 0 Å². The Balaban J connectivity index is 1.30. The van der Waals surface area contributed by atoms with Crippen LogP contribution in [0.4, 0.5) is 0 Å². The first-order chi connectivity index (χ1) is 17.5. The number of para-hydroxylation sites is 1. The summed E-state index contributed by atoms with van der Waals surface area (Å²) in [4.78, 5) is 33.4. The monoisotopic (exact) mass is 480 g/mol. The Kier molecular flexibility index (Phi) is 6.60. The van der Waals surface area contributed by atoms with Crippen molar-refractivity contribution >= 4 is 28.8 Å². The highest BCUT2D eigenvalue weighted by Crippen LogP contribution is 2.25. The van der Waals surface area contributed by atoms with Crippen molar-refractivity contribution in [1.29, 1.82) is 0 Å². The Bertz CT molecular complexity index is 1400. The summed E-state index contributed by atoms with van der Waals surface area (Å²) in [5, 5.41) is 8.40. The summed E-state index contributed by atoms with van der Waals surface area (Å²) in [7, 11) is 4.06. The first-order valence-corrected chi connectivity index (χ1v) is 11.9.